The smallest absolute Gasteiger partial charge is 0.726 e. The molecular weight excluding hydrogens is 579 g/mol. The van der Waals surface area contributed by atoms with Gasteiger partial charge in [-0.15, -0.1) is 0 Å². The van der Waals surface area contributed by atoms with Crippen molar-refractivity contribution in [3.05, 3.63) is 12.1 Å². The summed E-state index contributed by atoms with van der Waals surface area (Å²) in [6, 6.07) is 2.67. The molecule has 2 heterocycles. The molecule has 3 rings (SSSR count). The van der Waals surface area contributed by atoms with Crippen molar-refractivity contribution in [2.24, 2.45) is 0 Å². The molecule has 6 N–H and O–H groups in total. The minimum absolute atomic E-state index is 0. The summed E-state index contributed by atoms with van der Waals surface area (Å²) in [5, 5.41) is 61.5. The summed E-state index contributed by atoms with van der Waals surface area (Å²) in [4.78, 5) is 0. The summed E-state index contributed by atoms with van der Waals surface area (Å²) in [5.74, 6) is 0.503. The number of hydrogen-bond donors (Lipinski definition) is 6. The van der Waals surface area contributed by atoms with E-state index < -0.39 is 85.0 Å². The van der Waals surface area contributed by atoms with Crippen LogP contribution in [0.3, 0.4) is 0 Å². The van der Waals surface area contributed by atoms with E-state index in [-0.39, 0.29) is 52.6 Å². The van der Waals surface area contributed by atoms with Crippen LogP contribution < -0.4 is 48.5 Å². The average Bonchev–Trinajstić information content (AvgIpc) is 2.90. The SMILES string of the molecule is COc1cc(O[C@@H]2O[C@H](COS(=O)(=O)[O-])[C@@H](O)[C@H](O[C@@H]3O[C@H](CO)[C@H](O)[C@H](O)[C@H]3O)[C@H]2O)cc(OC)c1OC.[Na+]. The Morgan fingerprint density at radius 2 is 1.40 bits per heavy atom. The van der Waals surface area contributed by atoms with Crippen LogP contribution in [0.2, 0.25) is 0 Å². The van der Waals surface area contributed by atoms with Gasteiger partial charge in [0.15, 0.2) is 17.8 Å². The molecule has 40 heavy (non-hydrogen) atoms. The van der Waals surface area contributed by atoms with Gasteiger partial charge in [0, 0.05) is 12.1 Å². The Balaban J connectivity index is 0.00000560. The average molecular weight is 611 g/mol. The number of aliphatic hydroxyl groups is 6. The van der Waals surface area contributed by atoms with E-state index in [0.29, 0.717) is 0 Å². The minimum Gasteiger partial charge on any atom is -0.726 e. The Bertz CT molecular complexity index is 1030. The van der Waals surface area contributed by atoms with Gasteiger partial charge in [0.05, 0.1) is 34.5 Å². The maximum absolute atomic E-state index is 11.0. The monoisotopic (exact) mass is 610 g/mol. The summed E-state index contributed by atoms with van der Waals surface area (Å²) >= 11 is 0. The number of methoxy groups -OCH3 is 3. The molecule has 10 atom stereocenters. The molecule has 2 aliphatic rings. The zero-order valence-electron chi connectivity index (χ0n) is 21.9. The fourth-order valence-corrected chi connectivity index (χ4v) is 4.34. The fourth-order valence-electron chi connectivity index (χ4n) is 4.04. The Morgan fingerprint density at radius 3 is 1.90 bits per heavy atom. The Kier molecular flexibility index (Phi) is 13.1. The van der Waals surface area contributed by atoms with Crippen LogP contribution in [-0.2, 0) is 28.8 Å². The van der Waals surface area contributed by atoms with Crippen LogP contribution in [0.5, 0.6) is 23.0 Å². The van der Waals surface area contributed by atoms with Gasteiger partial charge >= 0.3 is 29.6 Å². The number of rotatable bonds is 11. The van der Waals surface area contributed by atoms with Gasteiger partial charge in [-0.1, -0.05) is 0 Å². The van der Waals surface area contributed by atoms with Gasteiger partial charge in [0.1, 0.15) is 54.6 Å². The van der Waals surface area contributed by atoms with Crippen molar-refractivity contribution in [2.45, 2.75) is 61.4 Å². The van der Waals surface area contributed by atoms with Crippen molar-refractivity contribution in [1.82, 2.24) is 0 Å². The second kappa shape index (κ2) is 14.9. The third-order valence-corrected chi connectivity index (χ3v) is 6.47. The van der Waals surface area contributed by atoms with Crippen LogP contribution in [0.25, 0.3) is 0 Å². The maximum atomic E-state index is 11.0. The molecule has 17 nitrogen and oxygen atoms in total. The molecular formula is C21H31NaO17S. The molecule has 0 aromatic heterocycles. The summed E-state index contributed by atoms with van der Waals surface area (Å²) in [7, 11) is -1.18. The van der Waals surface area contributed by atoms with Gasteiger partial charge < -0.3 is 68.3 Å². The van der Waals surface area contributed by atoms with E-state index >= 15 is 0 Å². The predicted octanol–water partition coefficient (Wildman–Crippen LogP) is -6.80. The zero-order valence-corrected chi connectivity index (χ0v) is 24.7. The van der Waals surface area contributed by atoms with E-state index in [1.165, 1.54) is 33.5 Å². The second-order valence-corrected chi connectivity index (χ2v) is 9.55. The van der Waals surface area contributed by atoms with Crippen LogP contribution in [0.1, 0.15) is 0 Å². The van der Waals surface area contributed by atoms with Crippen molar-refractivity contribution in [1.29, 1.82) is 0 Å². The van der Waals surface area contributed by atoms with Gasteiger partial charge in [-0.2, -0.15) is 0 Å². The Labute approximate surface area is 251 Å². The van der Waals surface area contributed by atoms with Gasteiger partial charge in [-0.05, 0) is 0 Å². The van der Waals surface area contributed by atoms with Crippen molar-refractivity contribution >= 4 is 10.4 Å². The third kappa shape index (κ3) is 8.06. The van der Waals surface area contributed by atoms with E-state index in [4.69, 9.17) is 33.2 Å². The fraction of sp³-hybridized carbons (Fsp3) is 0.714. The molecule has 0 saturated carbocycles. The minimum atomic E-state index is -5.23. The summed E-state index contributed by atoms with van der Waals surface area (Å²) in [6.45, 7) is -1.81. The first-order valence-electron chi connectivity index (χ1n) is 11.4. The quantitative estimate of drug-likeness (QED) is 0.0773. The van der Waals surface area contributed by atoms with Crippen LogP contribution in [0.4, 0.5) is 0 Å². The van der Waals surface area contributed by atoms with Crippen molar-refractivity contribution in [2.75, 3.05) is 34.5 Å². The number of hydrogen-bond acceptors (Lipinski definition) is 17. The van der Waals surface area contributed by atoms with E-state index in [2.05, 4.69) is 4.18 Å². The van der Waals surface area contributed by atoms with Crippen LogP contribution in [0, 0.1) is 0 Å². The molecule has 224 valence electrons. The van der Waals surface area contributed by atoms with E-state index in [1.54, 1.807) is 0 Å². The normalized spacial score (nSPS) is 34.5. The molecule has 2 aliphatic heterocycles. The molecule has 1 aromatic carbocycles. The zero-order chi connectivity index (χ0) is 29.1. The molecule has 0 amide bonds. The van der Waals surface area contributed by atoms with E-state index in [0.717, 1.165) is 0 Å². The number of benzene rings is 1. The van der Waals surface area contributed by atoms with Crippen molar-refractivity contribution < 1.29 is 111 Å². The standard InChI is InChI=1S/C21H32O17S.Na/c1-31-9-4-8(5-10(32-2)18(9)33-3)35-21-17(27)19(14(24)12(37-21)7-34-39(28,29)30)38-20-16(26)15(25)13(23)11(6-22)36-20;/h4-5,11-17,19-27H,6-7H2,1-3H3,(H,28,29,30);/q;+1/p-1/t11-,12-,13+,14-,15+,16-,17-,19+,20+,21-;/m1./s1. The third-order valence-electron chi connectivity index (χ3n) is 6.05. The van der Waals surface area contributed by atoms with Crippen molar-refractivity contribution in [3.8, 4) is 23.0 Å². The Morgan fingerprint density at radius 1 is 0.825 bits per heavy atom. The van der Waals surface area contributed by atoms with Crippen LogP contribution in [0.15, 0.2) is 12.1 Å². The molecule has 1 aromatic rings. The summed E-state index contributed by atoms with van der Waals surface area (Å²) < 4.78 is 74.8. The first-order chi connectivity index (χ1) is 18.3. The van der Waals surface area contributed by atoms with Crippen LogP contribution >= 0.6 is 0 Å². The largest absolute Gasteiger partial charge is 1.00 e. The molecule has 0 aliphatic carbocycles. The Hall–Kier alpha value is -1.07. The summed E-state index contributed by atoms with van der Waals surface area (Å²) in [5.41, 5.74) is 0. The predicted molar refractivity (Wildman–Crippen MR) is 122 cm³/mol. The molecule has 2 saturated heterocycles. The molecule has 0 bridgehead atoms. The van der Waals surface area contributed by atoms with Gasteiger partial charge in [-0.3, -0.25) is 4.18 Å². The maximum Gasteiger partial charge on any atom is 1.00 e. The van der Waals surface area contributed by atoms with Gasteiger partial charge in [0.25, 0.3) is 0 Å². The van der Waals surface area contributed by atoms with Crippen molar-refractivity contribution in [3.63, 3.8) is 0 Å². The molecule has 0 unspecified atom stereocenters. The second-order valence-electron chi connectivity index (χ2n) is 8.49. The van der Waals surface area contributed by atoms with Gasteiger partial charge in [-0.25, -0.2) is 8.42 Å². The first kappa shape index (κ1) is 35.1. The number of aliphatic hydroxyl groups excluding tert-OH is 6. The summed E-state index contributed by atoms with van der Waals surface area (Å²) in [6.07, 6.45) is -17.6. The van der Waals surface area contributed by atoms with E-state index in [1.807, 2.05) is 0 Å². The van der Waals surface area contributed by atoms with Crippen LogP contribution in [-0.4, -0.2) is 140 Å². The topological polar surface area (TPSA) is 252 Å². The van der Waals surface area contributed by atoms with Gasteiger partial charge in [0.2, 0.25) is 22.4 Å². The molecule has 2 fully saturated rings. The molecule has 0 radical (unpaired) electrons. The number of ether oxygens (including phenoxy) is 7. The molecule has 19 heteroatoms. The van der Waals surface area contributed by atoms with E-state index in [9.17, 15) is 43.6 Å². The molecule has 0 spiro atoms. The first-order valence-corrected chi connectivity index (χ1v) is 12.7.